The molecule has 25 heavy (non-hydrogen) atoms. The van der Waals surface area contributed by atoms with Crippen LogP contribution in [0.25, 0.3) is 17.2 Å². The van der Waals surface area contributed by atoms with Crippen molar-refractivity contribution in [3.8, 4) is 17.2 Å². The smallest absolute Gasteiger partial charge is 0.251 e. The van der Waals surface area contributed by atoms with E-state index in [9.17, 15) is 13.2 Å². The zero-order valence-electron chi connectivity index (χ0n) is 14.0. The highest BCUT2D eigenvalue weighted by atomic mass is 19.4. The van der Waals surface area contributed by atoms with Crippen LogP contribution in [0.2, 0.25) is 0 Å². The molecule has 0 aliphatic rings. The molecule has 9 heteroatoms. The Morgan fingerprint density at radius 1 is 1.16 bits per heavy atom. The molecule has 3 aromatic heterocycles. The molecule has 0 aromatic carbocycles. The van der Waals surface area contributed by atoms with Crippen molar-refractivity contribution in [3.63, 3.8) is 0 Å². The van der Waals surface area contributed by atoms with Gasteiger partial charge in [0.1, 0.15) is 5.69 Å². The molecule has 0 fully saturated rings. The quantitative estimate of drug-likeness (QED) is 0.724. The summed E-state index contributed by atoms with van der Waals surface area (Å²) in [6, 6.07) is 4.06. The number of aromatic nitrogens is 6. The largest absolute Gasteiger partial charge is 0.433 e. The van der Waals surface area contributed by atoms with Crippen LogP contribution in [0, 0.1) is 5.92 Å². The van der Waals surface area contributed by atoms with Gasteiger partial charge in [-0.1, -0.05) is 13.8 Å². The molecule has 0 atom stereocenters. The van der Waals surface area contributed by atoms with Crippen molar-refractivity contribution in [1.29, 1.82) is 0 Å². The fraction of sp³-hybridized carbons (Fsp3) is 0.375. The summed E-state index contributed by atoms with van der Waals surface area (Å²) >= 11 is 0. The third-order valence-electron chi connectivity index (χ3n) is 3.57. The summed E-state index contributed by atoms with van der Waals surface area (Å²) in [5.41, 5.74) is -0.484. The highest BCUT2D eigenvalue weighted by Crippen LogP contribution is 2.29. The van der Waals surface area contributed by atoms with E-state index in [2.05, 4.69) is 20.2 Å². The van der Waals surface area contributed by atoms with E-state index in [1.165, 1.54) is 12.3 Å². The molecule has 0 aliphatic heterocycles. The van der Waals surface area contributed by atoms with Crippen LogP contribution in [0.5, 0.6) is 0 Å². The van der Waals surface area contributed by atoms with Crippen LogP contribution >= 0.6 is 0 Å². The van der Waals surface area contributed by atoms with Gasteiger partial charge >= 0.3 is 6.18 Å². The lowest BCUT2D eigenvalue weighted by atomic mass is 10.1. The van der Waals surface area contributed by atoms with Gasteiger partial charge in [-0.2, -0.15) is 23.0 Å². The molecule has 0 saturated heterocycles. The standard InChI is InChI=1S/C16H17F3N6/c1-10(2)8-13-22-15(25(23-13)14-6-7-21-24(14)3)11-4-5-12(20-9-11)16(17,18)19/h4-7,9-10H,8H2,1-3H3. The number of alkyl halides is 3. The molecule has 0 spiro atoms. The summed E-state index contributed by atoms with van der Waals surface area (Å²) in [6.45, 7) is 4.09. The second-order valence-electron chi connectivity index (χ2n) is 6.10. The first-order valence-corrected chi connectivity index (χ1v) is 7.73. The molecule has 0 radical (unpaired) electrons. The second-order valence-corrected chi connectivity index (χ2v) is 6.10. The Hall–Kier alpha value is -2.71. The minimum atomic E-state index is -4.48. The van der Waals surface area contributed by atoms with Gasteiger partial charge in [-0.15, -0.1) is 5.10 Å². The Labute approximate surface area is 142 Å². The van der Waals surface area contributed by atoms with Gasteiger partial charge in [0.05, 0.1) is 6.20 Å². The third-order valence-corrected chi connectivity index (χ3v) is 3.57. The fourth-order valence-electron chi connectivity index (χ4n) is 2.42. The van der Waals surface area contributed by atoms with Crippen LogP contribution in [0.1, 0.15) is 25.4 Å². The summed E-state index contributed by atoms with van der Waals surface area (Å²) in [5.74, 6) is 2.06. The minimum absolute atomic E-state index is 0.348. The number of hydrogen-bond donors (Lipinski definition) is 0. The molecule has 3 aromatic rings. The van der Waals surface area contributed by atoms with Crippen LogP contribution in [0.15, 0.2) is 30.6 Å². The first kappa shape index (κ1) is 17.1. The molecule has 3 rings (SSSR count). The number of pyridine rings is 1. The van der Waals surface area contributed by atoms with E-state index in [-0.39, 0.29) is 0 Å². The van der Waals surface area contributed by atoms with Crippen molar-refractivity contribution in [2.24, 2.45) is 13.0 Å². The number of nitrogens with zero attached hydrogens (tertiary/aromatic N) is 6. The normalized spacial score (nSPS) is 12.1. The molecule has 0 amide bonds. The predicted molar refractivity (Wildman–Crippen MR) is 84.9 cm³/mol. The number of halogens is 3. The molecule has 0 unspecified atom stereocenters. The van der Waals surface area contributed by atoms with E-state index in [4.69, 9.17) is 0 Å². The Kier molecular flexibility index (Phi) is 4.32. The average Bonchev–Trinajstić information content (AvgIpc) is 3.12. The number of rotatable bonds is 4. The Morgan fingerprint density at radius 2 is 1.92 bits per heavy atom. The van der Waals surface area contributed by atoms with Gasteiger partial charge in [0.2, 0.25) is 0 Å². The zero-order valence-corrected chi connectivity index (χ0v) is 14.0. The van der Waals surface area contributed by atoms with Crippen LogP contribution in [0.4, 0.5) is 13.2 Å². The van der Waals surface area contributed by atoms with E-state index in [0.717, 1.165) is 6.07 Å². The number of hydrogen-bond acceptors (Lipinski definition) is 4. The van der Waals surface area contributed by atoms with E-state index in [1.54, 1.807) is 28.7 Å². The molecule has 0 saturated carbocycles. The van der Waals surface area contributed by atoms with Gasteiger partial charge in [0.15, 0.2) is 17.5 Å². The highest BCUT2D eigenvalue weighted by Gasteiger charge is 2.32. The van der Waals surface area contributed by atoms with Gasteiger partial charge < -0.3 is 0 Å². The van der Waals surface area contributed by atoms with Crippen LogP contribution in [0.3, 0.4) is 0 Å². The second kappa shape index (κ2) is 6.30. The summed E-state index contributed by atoms with van der Waals surface area (Å²) in [7, 11) is 1.76. The molecule has 132 valence electrons. The molecule has 0 N–H and O–H groups in total. The monoisotopic (exact) mass is 350 g/mol. The average molecular weight is 350 g/mol. The molecule has 0 bridgehead atoms. The van der Waals surface area contributed by atoms with Gasteiger partial charge in [-0.25, -0.2) is 4.98 Å². The van der Waals surface area contributed by atoms with Crippen molar-refractivity contribution < 1.29 is 13.2 Å². The first-order chi connectivity index (χ1) is 11.8. The minimum Gasteiger partial charge on any atom is -0.251 e. The van der Waals surface area contributed by atoms with E-state index in [1.807, 2.05) is 13.8 Å². The topological polar surface area (TPSA) is 61.4 Å². The lowest BCUT2D eigenvalue weighted by molar-refractivity contribution is -0.141. The summed E-state index contributed by atoms with van der Waals surface area (Å²) < 4.78 is 41.4. The summed E-state index contributed by atoms with van der Waals surface area (Å²) in [4.78, 5) is 8.01. The number of aryl methyl sites for hydroxylation is 1. The van der Waals surface area contributed by atoms with Gasteiger partial charge in [-0.3, -0.25) is 9.67 Å². The lowest BCUT2D eigenvalue weighted by Crippen LogP contribution is -2.09. The molecule has 3 heterocycles. The predicted octanol–water partition coefficient (Wildman–Crippen LogP) is 3.28. The van der Waals surface area contributed by atoms with Crippen molar-refractivity contribution >= 4 is 0 Å². The fourth-order valence-corrected chi connectivity index (χ4v) is 2.42. The van der Waals surface area contributed by atoms with Crippen molar-refractivity contribution in [1.82, 2.24) is 29.5 Å². The van der Waals surface area contributed by atoms with Gasteiger partial charge in [0.25, 0.3) is 0 Å². The Balaban J connectivity index is 2.08. The van der Waals surface area contributed by atoms with Crippen molar-refractivity contribution in [2.75, 3.05) is 0 Å². The van der Waals surface area contributed by atoms with Gasteiger partial charge in [0, 0.05) is 31.3 Å². The maximum atomic E-state index is 12.7. The zero-order chi connectivity index (χ0) is 18.2. The maximum absolute atomic E-state index is 12.7. The Morgan fingerprint density at radius 3 is 2.44 bits per heavy atom. The van der Waals surface area contributed by atoms with Gasteiger partial charge in [-0.05, 0) is 18.1 Å². The lowest BCUT2D eigenvalue weighted by Gasteiger charge is -2.08. The molecular formula is C16H17F3N6. The van der Waals surface area contributed by atoms with Crippen LogP contribution < -0.4 is 0 Å². The molecule has 6 nitrogen and oxygen atoms in total. The molecular weight excluding hydrogens is 333 g/mol. The highest BCUT2D eigenvalue weighted by molar-refractivity contribution is 5.56. The first-order valence-electron chi connectivity index (χ1n) is 7.73. The maximum Gasteiger partial charge on any atom is 0.433 e. The van der Waals surface area contributed by atoms with Crippen molar-refractivity contribution in [3.05, 3.63) is 42.1 Å². The SMILES string of the molecule is CC(C)Cc1nc(-c2ccc(C(F)(F)F)nc2)n(-c2ccnn2C)n1. The van der Waals surface area contributed by atoms with E-state index < -0.39 is 11.9 Å². The van der Waals surface area contributed by atoms with Crippen LogP contribution in [-0.2, 0) is 19.6 Å². The molecule has 0 aliphatic carbocycles. The van der Waals surface area contributed by atoms with Crippen molar-refractivity contribution in [2.45, 2.75) is 26.4 Å². The van der Waals surface area contributed by atoms with E-state index >= 15 is 0 Å². The Bertz CT molecular complexity index is 861. The van der Waals surface area contributed by atoms with Crippen LogP contribution in [-0.4, -0.2) is 29.5 Å². The third kappa shape index (κ3) is 3.54. The summed E-state index contributed by atoms with van der Waals surface area (Å²) in [5, 5.41) is 8.60. The summed E-state index contributed by atoms with van der Waals surface area (Å²) in [6.07, 6.45) is -1.03. The van der Waals surface area contributed by atoms with E-state index in [0.29, 0.717) is 35.4 Å².